The van der Waals surface area contributed by atoms with Gasteiger partial charge in [-0.3, -0.25) is 9.69 Å². The van der Waals surface area contributed by atoms with Gasteiger partial charge in [0, 0.05) is 24.0 Å². The lowest BCUT2D eigenvalue weighted by Gasteiger charge is -2.31. The lowest BCUT2D eigenvalue weighted by atomic mass is 10.1. The maximum absolute atomic E-state index is 12.4. The van der Waals surface area contributed by atoms with Crippen LogP contribution >= 0.6 is 0 Å². The predicted molar refractivity (Wildman–Crippen MR) is 87.2 cm³/mol. The van der Waals surface area contributed by atoms with E-state index in [4.69, 9.17) is 5.73 Å². The van der Waals surface area contributed by atoms with Crippen molar-refractivity contribution in [1.82, 2.24) is 9.80 Å². The van der Waals surface area contributed by atoms with E-state index in [1.165, 1.54) is 0 Å². The van der Waals surface area contributed by atoms with Gasteiger partial charge in [0.1, 0.15) is 0 Å². The fourth-order valence-corrected chi connectivity index (χ4v) is 3.00. The Hall–Kier alpha value is -1.59. The molecule has 1 fully saturated rings. The molecule has 5 heteroatoms. The van der Waals surface area contributed by atoms with E-state index in [1.54, 1.807) is 6.07 Å². The lowest BCUT2D eigenvalue weighted by Crippen LogP contribution is -2.47. The average molecular weight is 290 g/mol. The summed E-state index contributed by atoms with van der Waals surface area (Å²) < 4.78 is 0. The normalized spacial score (nSPS) is 20.7. The first-order valence-corrected chi connectivity index (χ1v) is 7.54. The zero-order chi connectivity index (χ0) is 15.4. The Morgan fingerprint density at radius 1 is 1.52 bits per heavy atom. The van der Waals surface area contributed by atoms with Crippen molar-refractivity contribution in [1.29, 1.82) is 0 Å². The molecule has 0 radical (unpaired) electrons. The van der Waals surface area contributed by atoms with E-state index < -0.39 is 0 Å². The summed E-state index contributed by atoms with van der Waals surface area (Å²) in [5, 5.41) is 2.96. The third-order valence-electron chi connectivity index (χ3n) is 4.03. The molecular weight excluding hydrogens is 264 g/mol. The summed E-state index contributed by atoms with van der Waals surface area (Å²) in [6.07, 6.45) is 2.32. The Kier molecular flexibility index (Phi) is 5.20. The summed E-state index contributed by atoms with van der Waals surface area (Å²) in [6, 6.07) is 7.64. The van der Waals surface area contributed by atoms with Gasteiger partial charge in [-0.25, -0.2) is 0 Å². The van der Waals surface area contributed by atoms with E-state index in [0.717, 1.165) is 31.6 Å². The second-order valence-electron chi connectivity index (χ2n) is 6.09. The summed E-state index contributed by atoms with van der Waals surface area (Å²) in [5.41, 5.74) is 7.16. The van der Waals surface area contributed by atoms with Gasteiger partial charge in [-0.1, -0.05) is 6.07 Å². The fraction of sp³-hybridized carbons (Fsp3) is 0.562. The molecule has 0 aliphatic carbocycles. The molecule has 2 atom stereocenters. The first-order valence-electron chi connectivity index (χ1n) is 7.54. The van der Waals surface area contributed by atoms with E-state index >= 15 is 0 Å². The van der Waals surface area contributed by atoms with Crippen LogP contribution < -0.4 is 11.1 Å². The molecule has 2 unspecified atom stereocenters. The van der Waals surface area contributed by atoms with Crippen molar-refractivity contribution in [3.05, 3.63) is 24.3 Å². The molecule has 2 rings (SSSR count). The second kappa shape index (κ2) is 6.91. The van der Waals surface area contributed by atoms with Gasteiger partial charge >= 0.3 is 0 Å². The minimum atomic E-state index is -0.126. The van der Waals surface area contributed by atoms with Gasteiger partial charge in [0.2, 0.25) is 5.91 Å². The monoisotopic (exact) mass is 290 g/mol. The van der Waals surface area contributed by atoms with Gasteiger partial charge in [0.05, 0.1) is 6.04 Å². The van der Waals surface area contributed by atoms with Crippen LogP contribution in [-0.4, -0.2) is 55.0 Å². The van der Waals surface area contributed by atoms with Crippen molar-refractivity contribution in [3.63, 3.8) is 0 Å². The predicted octanol–water partition coefficient (Wildman–Crippen LogP) is 1.62. The average Bonchev–Trinajstić information content (AvgIpc) is 2.85. The summed E-state index contributed by atoms with van der Waals surface area (Å²) in [6.45, 7) is 3.97. The molecule has 1 heterocycles. The van der Waals surface area contributed by atoms with Gasteiger partial charge in [-0.2, -0.15) is 0 Å². The van der Waals surface area contributed by atoms with Crippen LogP contribution in [0, 0.1) is 0 Å². The van der Waals surface area contributed by atoms with Gasteiger partial charge in [-0.05, 0) is 58.6 Å². The van der Waals surface area contributed by atoms with Crippen LogP contribution in [0.5, 0.6) is 0 Å². The number of likely N-dealkylation sites (tertiary alicyclic amines) is 1. The molecule has 1 amide bonds. The molecule has 0 aromatic heterocycles. The fourth-order valence-electron chi connectivity index (χ4n) is 3.00. The number of hydrogen-bond acceptors (Lipinski definition) is 4. The Balaban J connectivity index is 1.98. The molecule has 0 spiro atoms. The molecule has 1 aromatic carbocycles. The van der Waals surface area contributed by atoms with Gasteiger partial charge in [0.25, 0.3) is 0 Å². The zero-order valence-corrected chi connectivity index (χ0v) is 13.2. The molecule has 1 aromatic rings. The zero-order valence-electron chi connectivity index (χ0n) is 13.2. The number of nitrogens with two attached hydrogens (primary N) is 1. The van der Waals surface area contributed by atoms with Crippen molar-refractivity contribution < 1.29 is 4.79 Å². The third-order valence-corrected chi connectivity index (χ3v) is 4.03. The number of nitrogens with one attached hydrogen (secondary N) is 1. The highest BCUT2D eigenvalue weighted by molar-refractivity contribution is 5.94. The third kappa shape index (κ3) is 4.19. The van der Waals surface area contributed by atoms with Gasteiger partial charge < -0.3 is 16.0 Å². The van der Waals surface area contributed by atoms with Crippen molar-refractivity contribution in [3.8, 4) is 0 Å². The number of nitrogen functional groups attached to an aromatic ring is 1. The Morgan fingerprint density at radius 3 is 2.95 bits per heavy atom. The number of amides is 1. The minimum Gasteiger partial charge on any atom is -0.399 e. The van der Waals surface area contributed by atoms with Crippen molar-refractivity contribution >= 4 is 17.3 Å². The van der Waals surface area contributed by atoms with Crippen LogP contribution in [0.1, 0.15) is 19.8 Å². The first-order chi connectivity index (χ1) is 9.97. The van der Waals surface area contributed by atoms with Gasteiger partial charge in [0.15, 0.2) is 0 Å². The van der Waals surface area contributed by atoms with E-state index in [-0.39, 0.29) is 11.9 Å². The van der Waals surface area contributed by atoms with E-state index in [2.05, 4.69) is 29.2 Å². The number of nitrogens with zero attached hydrogens (tertiary/aromatic N) is 2. The number of carbonyl (C=O) groups is 1. The number of likely N-dealkylation sites (N-methyl/N-ethyl adjacent to an activating group) is 1. The molecule has 0 bridgehead atoms. The number of hydrogen-bond donors (Lipinski definition) is 2. The van der Waals surface area contributed by atoms with Crippen LogP contribution in [0.4, 0.5) is 11.4 Å². The van der Waals surface area contributed by atoms with Crippen LogP contribution in [0.3, 0.4) is 0 Å². The maximum atomic E-state index is 12.4. The molecule has 1 aliphatic heterocycles. The molecular formula is C16H26N4O. The SMILES string of the molecule is CC(C(=O)Nc1cccc(N)c1)N1CCCC1CN(C)C. The number of rotatable bonds is 5. The molecule has 21 heavy (non-hydrogen) atoms. The minimum absolute atomic E-state index is 0.0336. The largest absolute Gasteiger partial charge is 0.399 e. The molecule has 1 aliphatic rings. The Bertz CT molecular complexity index is 489. The maximum Gasteiger partial charge on any atom is 0.241 e. The highest BCUT2D eigenvalue weighted by Crippen LogP contribution is 2.21. The second-order valence-corrected chi connectivity index (χ2v) is 6.09. The van der Waals surface area contributed by atoms with Crippen LogP contribution in [0.25, 0.3) is 0 Å². The molecule has 0 saturated carbocycles. The lowest BCUT2D eigenvalue weighted by molar-refractivity contribution is -0.121. The Morgan fingerprint density at radius 2 is 2.29 bits per heavy atom. The number of benzene rings is 1. The summed E-state index contributed by atoms with van der Waals surface area (Å²) >= 11 is 0. The van der Waals surface area contributed by atoms with E-state index in [9.17, 15) is 4.79 Å². The highest BCUT2D eigenvalue weighted by Gasteiger charge is 2.32. The topological polar surface area (TPSA) is 61.6 Å². The first kappa shape index (κ1) is 15.8. The van der Waals surface area contributed by atoms with E-state index in [0.29, 0.717) is 11.7 Å². The molecule has 5 nitrogen and oxygen atoms in total. The summed E-state index contributed by atoms with van der Waals surface area (Å²) in [4.78, 5) is 16.9. The standard InChI is InChI=1S/C16H26N4O/c1-12(20-9-5-8-15(20)11-19(2)3)16(21)18-14-7-4-6-13(17)10-14/h4,6-7,10,12,15H,5,8-9,11,17H2,1-3H3,(H,18,21). The van der Waals surface area contributed by atoms with Crippen LogP contribution in [-0.2, 0) is 4.79 Å². The molecule has 116 valence electrons. The summed E-state index contributed by atoms with van der Waals surface area (Å²) in [5.74, 6) is 0.0336. The molecule has 1 saturated heterocycles. The summed E-state index contributed by atoms with van der Waals surface area (Å²) in [7, 11) is 4.15. The number of carbonyl (C=O) groups excluding carboxylic acids is 1. The Labute approximate surface area is 127 Å². The quantitative estimate of drug-likeness (QED) is 0.809. The van der Waals surface area contributed by atoms with Gasteiger partial charge in [-0.15, -0.1) is 0 Å². The van der Waals surface area contributed by atoms with Crippen LogP contribution in [0.2, 0.25) is 0 Å². The van der Waals surface area contributed by atoms with Crippen molar-refractivity contribution in [2.45, 2.75) is 31.8 Å². The smallest absolute Gasteiger partial charge is 0.241 e. The highest BCUT2D eigenvalue weighted by atomic mass is 16.2. The van der Waals surface area contributed by atoms with E-state index in [1.807, 2.05) is 25.1 Å². The van der Waals surface area contributed by atoms with Crippen LogP contribution in [0.15, 0.2) is 24.3 Å². The van der Waals surface area contributed by atoms with Crippen molar-refractivity contribution in [2.24, 2.45) is 0 Å². The number of anilines is 2. The van der Waals surface area contributed by atoms with Crippen molar-refractivity contribution in [2.75, 3.05) is 38.2 Å². The molecule has 3 N–H and O–H groups in total.